The lowest BCUT2D eigenvalue weighted by atomic mass is 10.1. The summed E-state index contributed by atoms with van der Waals surface area (Å²) in [5.74, 6) is -0.440. The molecule has 0 spiro atoms. The molecule has 0 unspecified atom stereocenters. The topological polar surface area (TPSA) is 91.6 Å². The Kier molecular flexibility index (Phi) is 6.17. The Balaban J connectivity index is 1.51. The number of rotatable bonds is 5. The highest BCUT2D eigenvalue weighted by Crippen LogP contribution is 2.31. The summed E-state index contributed by atoms with van der Waals surface area (Å²) in [5.41, 5.74) is 2.28. The summed E-state index contributed by atoms with van der Waals surface area (Å²) in [5, 5.41) is 17.3. The molecule has 10 heteroatoms. The standard InChI is InChI=1S/C21H20ClN5O3S/c1-25-8-10-26(11-9-25)18-7-4-15(12-19(18)27(29)30)20(28)24-21-23-17(13-31-21)14-2-5-16(22)6-3-14/h2-7,12-13H,8-11H2,1H3,(H,23,24,28). The molecule has 0 saturated carbocycles. The van der Waals surface area contributed by atoms with Crippen molar-refractivity contribution in [2.45, 2.75) is 0 Å². The number of likely N-dealkylation sites (N-methyl/N-ethyl adjacent to an activating group) is 1. The third kappa shape index (κ3) is 4.84. The Morgan fingerprint density at radius 3 is 2.55 bits per heavy atom. The second-order valence-corrected chi connectivity index (χ2v) is 8.54. The Morgan fingerprint density at radius 2 is 1.87 bits per heavy atom. The van der Waals surface area contributed by atoms with Gasteiger partial charge >= 0.3 is 0 Å². The summed E-state index contributed by atoms with van der Waals surface area (Å²) in [7, 11) is 2.02. The number of nitro groups is 1. The molecule has 4 rings (SSSR count). The number of hydrogen-bond donors (Lipinski definition) is 1. The van der Waals surface area contributed by atoms with Crippen molar-refractivity contribution in [2.75, 3.05) is 43.4 Å². The first-order chi connectivity index (χ1) is 14.9. The van der Waals surface area contributed by atoms with E-state index in [-0.39, 0.29) is 11.3 Å². The first-order valence-corrected chi connectivity index (χ1v) is 10.9. The lowest BCUT2D eigenvalue weighted by Crippen LogP contribution is -2.44. The maximum Gasteiger partial charge on any atom is 0.293 e. The number of piperazine rings is 1. The molecule has 1 N–H and O–H groups in total. The molecule has 2 aromatic carbocycles. The van der Waals surface area contributed by atoms with Gasteiger partial charge in [0.05, 0.1) is 10.6 Å². The highest BCUT2D eigenvalue weighted by atomic mass is 35.5. The van der Waals surface area contributed by atoms with E-state index >= 15 is 0 Å². The fraction of sp³-hybridized carbons (Fsp3) is 0.238. The Bertz CT molecular complexity index is 1110. The Labute approximate surface area is 188 Å². The van der Waals surface area contributed by atoms with Gasteiger partial charge in [-0.2, -0.15) is 0 Å². The number of carbonyl (C=O) groups is 1. The Morgan fingerprint density at radius 1 is 1.16 bits per heavy atom. The molecule has 2 heterocycles. The average molecular weight is 458 g/mol. The quantitative estimate of drug-likeness (QED) is 0.451. The van der Waals surface area contributed by atoms with Crippen molar-refractivity contribution < 1.29 is 9.72 Å². The number of benzene rings is 2. The van der Waals surface area contributed by atoms with Gasteiger partial charge in [-0.3, -0.25) is 20.2 Å². The molecule has 0 bridgehead atoms. The number of anilines is 2. The van der Waals surface area contributed by atoms with E-state index in [0.717, 1.165) is 18.7 Å². The van der Waals surface area contributed by atoms with Crippen molar-refractivity contribution in [2.24, 2.45) is 0 Å². The van der Waals surface area contributed by atoms with Gasteiger partial charge < -0.3 is 9.80 Å². The van der Waals surface area contributed by atoms with Crippen LogP contribution in [0.25, 0.3) is 11.3 Å². The number of thiazole rings is 1. The SMILES string of the molecule is CN1CCN(c2ccc(C(=O)Nc3nc(-c4ccc(Cl)cc4)cs3)cc2[N+](=O)[O-])CC1. The fourth-order valence-corrected chi connectivity index (χ4v) is 4.22. The third-order valence-electron chi connectivity index (χ3n) is 5.14. The van der Waals surface area contributed by atoms with Crippen molar-refractivity contribution in [1.82, 2.24) is 9.88 Å². The van der Waals surface area contributed by atoms with Crippen molar-refractivity contribution in [1.29, 1.82) is 0 Å². The van der Waals surface area contributed by atoms with E-state index in [0.29, 0.717) is 34.6 Å². The summed E-state index contributed by atoms with van der Waals surface area (Å²) >= 11 is 7.20. The summed E-state index contributed by atoms with van der Waals surface area (Å²) in [4.78, 5) is 32.5. The smallest absolute Gasteiger partial charge is 0.293 e. The van der Waals surface area contributed by atoms with Crippen LogP contribution in [0.1, 0.15) is 10.4 Å². The highest BCUT2D eigenvalue weighted by molar-refractivity contribution is 7.14. The van der Waals surface area contributed by atoms with Gasteiger partial charge in [-0.15, -0.1) is 11.3 Å². The average Bonchev–Trinajstić information content (AvgIpc) is 3.22. The highest BCUT2D eigenvalue weighted by Gasteiger charge is 2.24. The molecule has 160 valence electrons. The van der Waals surface area contributed by atoms with Crippen LogP contribution in [0.5, 0.6) is 0 Å². The van der Waals surface area contributed by atoms with Gasteiger partial charge in [0.2, 0.25) is 0 Å². The van der Waals surface area contributed by atoms with Crippen molar-refractivity contribution in [3.63, 3.8) is 0 Å². The number of nitrogens with one attached hydrogen (secondary N) is 1. The summed E-state index contributed by atoms with van der Waals surface area (Å²) in [6.45, 7) is 3.07. The summed E-state index contributed by atoms with van der Waals surface area (Å²) in [6.07, 6.45) is 0. The minimum absolute atomic E-state index is 0.0711. The minimum atomic E-state index is -0.440. The number of amides is 1. The summed E-state index contributed by atoms with van der Waals surface area (Å²) in [6, 6.07) is 11.8. The van der Waals surface area contributed by atoms with Crippen LogP contribution < -0.4 is 10.2 Å². The molecule has 0 radical (unpaired) electrons. The molecule has 8 nitrogen and oxygen atoms in total. The largest absolute Gasteiger partial charge is 0.363 e. The van der Waals surface area contributed by atoms with Crippen molar-refractivity contribution >= 4 is 45.4 Å². The molecule has 1 amide bonds. The van der Waals surface area contributed by atoms with Crippen LogP contribution in [0, 0.1) is 10.1 Å². The maximum atomic E-state index is 12.7. The third-order valence-corrected chi connectivity index (χ3v) is 6.15. The zero-order valence-corrected chi connectivity index (χ0v) is 18.3. The molecule has 1 fully saturated rings. The molecule has 0 aliphatic carbocycles. The van der Waals surface area contributed by atoms with Crippen molar-refractivity contribution in [3.8, 4) is 11.3 Å². The Hall–Kier alpha value is -3.01. The van der Waals surface area contributed by atoms with E-state index in [2.05, 4.69) is 15.2 Å². The second-order valence-electron chi connectivity index (χ2n) is 7.25. The number of nitro benzene ring substituents is 1. The number of halogens is 1. The van der Waals surface area contributed by atoms with Crippen LogP contribution in [0.2, 0.25) is 5.02 Å². The first kappa shape index (κ1) is 21.2. The van der Waals surface area contributed by atoms with Crippen LogP contribution in [0.4, 0.5) is 16.5 Å². The van der Waals surface area contributed by atoms with E-state index in [1.165, 1.54) is 17.4 Å². The zero-order chi connectivity index (χ0) is 22.0. The predicted octanol–water partition coefficient (Wildman–Crippen LogP) is 4.38. The minimum Gasteiger partial charge on any atom is -0.363 e. The summed E-state index contributed by atoms with van der Waals surface area (Å²) < 4.78 is 0. The van der Waals surface area contributed by atoms with Crippen LogP contribution in [-0.4, -0.2) is 53.9 Å². The van der Waals surface area contributed by atoms with Crippen LogP contribution in [-0.2, 0) is 0 Å². The second kappa shape index (κ2) is 9.01. The molecule has 3 aromatic rings. The number of aromatic nitrogens is 1. The maximum absolute atomic E-state index is 12.7. The molecule has 31 heavy (non-hydrogen) atoms. The molecule has 1 aromatic heterocycles. The van der Waals surface area contributed by atoms with Crippen LogP contribution >= 0.6 is 22.9 Å². The van der Waals surface area contributed by atoms with E-state index in [4.69, 9.17) is 11.6 Å². The molecular weight excluding hydrogens is 438 g/mol. The van der Waals surface area contributed by atoms with Crippen LogP contribution in [0.3, 0.4) is 0 Å². The van der Waals surface area contributed by atoms with Gasteiger partial charge in [0.25, 0.3) is 11.6 Å². The molecule has 1 aliphatic heterocycles. The fourth-order valence-electron chi connectivity index (χ4n) is 3.38. The lowest BCUT2D eigenvalue weighted by molar-refractivity contribution is -0.384. The van der Waals surface area contributed by atoms with Crippen LogP contribution in [0.15, 0.2) is 47.8 Å². The van der Waals surface area contributed by atoms with E-state index < -0.39 is 10.8 Å². The van der Waals surface area contributed by atoms with Gasteiger partial charge in [0.1, 0.15) is 5.69 Å². The van der Waals surface area contributed by atoms with E-state index in [9.17, 15) is 14.9 Å². The van der Waals surface area contributed by atoms with Gasteiger partial charge in [0.15, 0.2) is 5.13 Å². The van der Waals surface area contributed by atoms with E-state index in [1.54, 1.807) is 24.3 Å². The molecule has 1 saturated heterocycles. The van der Waals surface area contributed by atoms with Gasteiger partial charge in [0, 0.05) is 53.8 Å². The lowest BCUT2D eigenvalue weighted by Gasteiger charge is -2.33. The van der Waals surface area contributed by atoms with Gasteiger partial charge in [-0.25, -0.2) is 4.98 Å². The first-order valence-electron chi connectivity index (χ1n) is 9.65. The van der Waals surface area contributed by atoms with E-state index in [1.807, 2.05) is 29.5 Å². The van der Waals surface area contributed by atoms with Gasteiger partial charge in [-0.1, -0.05) is 23.7 Å². The molecule has 0 atom stereocenters. The number of nitrogens with zero attached hydrogens (tertiary/aromatic N) is 4. The number of carbonyl (C=O) groups excluding carboxylic acids is 1. The monoisotopic (exact) mass is 457 g/mol. The van der Waals surface area contributed by atoms with Crippen molar-refractivity contribution in [3.05, 3.63) is 68.5 Å². The molecule has 1 aliphatic rings. The normalized spacial score (nSPS) is 14.5. The van der Waals surface area contributed by atoms with Gasteiger partial charge in [-0.05, 0) is 31.3 Å². The predicted molar refractivity (Wildman–Crippen MR) is 123 cm³/mol. The molecular formula is C21H20ClN5O3S. The number of hydrogen-bond acceptors (Lipinski definition) is 7. The zero-order valence-electron chi connectivity index (χ0n) is 16.7.